The summed E-state index contributed by atoms with van der Waals surface area (Å²) in [5.74, 6) is -3.67. The third-order valence-corrected chi connectivity index (χ3v) is 8.20. The van der Waals surface area contributed by atoms with Crippen LogP contribution in [0.1, 0.15) is 30.4 Å². The number of hydrogen-bond acceptors (Lipinski definition) is 5. The Balaban J connectivity index is 1.33. The van der Waals surface area contributed by atoms with Gasteiger partial charge in [-0.2, -0.15) is 0 Å². The van der Waals surface area contributed by atoms with Gasteiger partial charge in [0, 0.05) is 43.5 Å². The maximum Gasteiger partial charge on any atom is 0.274 e. The molecule has 1 unspecified atom stereocenters. The van der Waals surface area contributed by atoms with Gasteiger partial charge in [-0.25, -0.2) is 13.2 Å². The SMILES string of the molecule is O=C(NCc1c(F)cc(F)cc1F)C1=CN2C(=C(OCc3ccccc3)C1O)C(=O)N1C[C@@H]3CC[C@@H](C3)[C@@H]2C1. The number of carbonyl (C=O) groups is 2. The molecule has 2 aromatic rings. The summed E-state index contributed by atoms with van der Waals surface area (Å²) in [6.45, 7) is 0.660. The number of rotatable bonds is 6. The van der Waals surface area contributed by atoms with E-state index in [1.165, 1.54) is 6.20 Å². The normalized spacial score (nSPS) is 25.7. The maximum absolute atomic E-state index is 14.2. The number of nitrogens with one attached hydrogen (secondary N) is 1. The molecule has 3 aliphatic heterocycles. The molecule has 10 heteroatoms. The third kappa shape index (κ3) is 4.67. The van der Waals surface area contributed by atoms with Crippen molar-refractivity contribution in [2.75, 3.05) is 13.1 Å². The summed E-state index contributed by atoms with van der Waals surface area (Å²) in [6.07, 6.45) is 2.90. The first kappa shape index (κ1) is 25.5. The highest BCUT2D eigenvalue weighted by Crippen LogP contribution is 2.44. The minimum Gasteiger partial charge on any atom is -0.488 e. The van der Waals surface area contributed by atoms with Gasteiger partial charge in [-0.05, 0) is 36.7 Å². The number of benzene rings is 2. The smallest absolute Gasteiger partial charge is 0.274 e. The van der Waals surface area contributed by atoms with Crippen LogP contribution in [0.4, 0.5) is 13.2 Å². The van der Waals surface area contributed by atoms with Crippen molar-refractivity contribution in [2.24, 2.45) is 11.8 Å². The van der Waals surface area contributed by atoms with Crippen LogP contribution in [0.5, 0.6) is 0 Å². The predicted molar refractivity (Wildman–Crippen MR) is 134 cm³/mol. The molecule has 39 heavy (non-hydrogen) atoms. The van der Waals surface area contributed by atoms with Crippen molar-refractivity contribution >= 4 is 11.8 Å². The van der Waals surface area contributed by atoms with Gasteiger partial charge in [-0.1, -0.05) is 30.3 Å². The van der Waals surface area contributed by atoms with Gasteiger partial charge in [0.2, 0.25) is 0 Å². The van der Waals surface area contributed by atoms with Crippen LogP contribution in [0.15, 0.2) is 65.7 Å². The Bertz CT molecular complexity index is 1360. The highest BCUT2D eigenvalue weighted by Gasteiger charge is 2.50. The first-order chi connectivity index (χ1) is 18.8. The zero-order chi connectivity index (χ0) is 27.3. The Labute approximate surface area is 223 Å². The second-order valence-corrected chi connectivity index (χ2v) is 10.6. The number of nitrogens with zero attached hydrogens (tertiary/aromatic N) is 2. The molecule has 4 bridgehead atoms. The van der Waals surface area contributed by atoms with Crippen LogP contribution < -0.4 is 5.32 Å². The summed E-state index contributed by atoms with van der Waals surface area (Å²) < 4.78 is 47.7. The molecule has 6 rings (SSSR count). The zero-order valence-corrected chi connectivity index (χ0v) is 21.1. The molecule has 3 heterocycles. The second-order valence-electron chi connectivity index (χ2n) is 10.6. The van der Waals surface area contributed by atoms with Crippen LogP contribution in [0, 0.1) is 29.3 Å². The number of amides is 2. The molecular weight excluding hydrogens is 511 g/mol. The largest absolute Gasteiger partial charge is 0.488 e. The monoisotopic (exact) mass is 539 g/mol. The highest BCUT2D eigenvalue weighted by molar-refractivity contribution is 5.99. The van der Waals surface area contributed by atoms with E-state index in [9.17, 15) is 27.9 Å². The lowest BCUT2D eigenvalue weighted by Crippen LogP contribution is -2.57. The molecule has 0 spiro atoms. The number of fused-ring (bicyclic) bond motifs is 7. The lowest BCUT2D eigenvalue weighted by atomic mass is 9.91. The van der Waals surface area contributed by atoms with Crippen molar-refractivity contribution in [1.29, 1.82) is 0 Å². The summed E-state index contributed by atoms with van der Waals surface area (Å²) in [5.41, 5.74) is 0.420. The van der Waals surface area contributed by atoms with Crippen LogP contribution in [-0.2, 0) is 27.5 Å². The number of ether oxygens (including phenoxy) is 1. The van der Waals surface area contributed by atoms with E-state index >= 15 is 0 Å². The van der Waals surface area contributed by atoms with Crippen LogP contribution in [0.3, 0.4) is 0 Å². The van der Waals surface area contributed by atoms with E-state index < -0.39 is 41.6 Å². The van der Waals surface area contributed by atoms with E-state index in [1.54, 1.807) is 4.90 Å². The highest BCUT2D eigenvalue weighted by atomic mass is 19.1. The van der Waals surface area contributed by atoms with Crippen LogP contribution >= 0.6 is 0 Å². The van der Waals surface area contributed by atoms with Crippen molar-refractivity contribution in [3.8, 4) is 0 Å². The van der Waals surface area contributed by atoms with Crippen molar-refractivity contribution in [1.82, 2.24) is 15.1 Å². The van der Waals surface area contributed by atoms with Crippen LogP contribution in [0.2, 0.25) is 0 Å². The fraction of sp³-hybridized carbons (Fsp3) is 0.379. The van der Waals surface area contributed by atoms with Crippen molar-refractivity contribution in [2.45, 2.75) is 44.6 Å². The van der Waals surface area contributed by atoms with Gasteiger partial charge in [0.25, 0.3) is 11.8 Å². The van der Waals surface area contributed by atoms with Gasteiger partial charge in [-0.15, -0.1) is 0 Å². The predicted octanol–water partition coefficient (Wildman–Crippen LogP) is 3.35. The van der Waals surface area contributed by atoms with E-state index in [0.29, 0.717) is 37.1 Å². The molecular formula is C29H28F3N3O4. The summed E-state index contributed by atoms with van der Waals surface area (Å²) in [6, 6.07) is 10.2. The Morgan fingerprint density at radius 1 is 1.08 bits per heavy atom. The number of hydrogen-bond donors (Lipinski definition) is 2. The first-order valence-electron chi connectivity index (χ1n) is 13.1. The van der Waals surface area contributed by atoms with Gasteiger partial charge in [0.15, 0.2) is 5.76 Å². The summed E-state index contributed by atoms with van der Waals surface area (Å²) in [4.78, 5) is 30.5. The third-order valence-electron chi connectivity index (χ3n) is 8.20. The molecule has 2 aromatic carbocycles. The Kier molecular flexibility index (Phi) is 6.58. The Hall–Kier alpha value is -3.79. The fourth-order valence-corrected chi connectivity index (χ4v) is 6.26. The molecule has 2 N–H and O–H groups in total. The average Bonchev–Trinajstić information content (AvgIpc) is 3.29. The standard InChI is InChI=1S/C29H28F3N3O4/c30-19-9-22(31)20(23(32)10-19)11-33-28(37)21-13-35-24-14-34(12-17-6-7-18(24)8-17)29(38)25(35)27(26(21)36)39-15-16-4-2-1-3-5-16/h1-5,9-10,13,17-18,24,26,36H,6-8,11-12,14-15H2,(H,33,37)/t17-,18+,24+,26?/m1/s1. The number of aliphatic hydroxyl groups excluding tert-OH is 1. The minimum atomic E-state index is -1.58. The quantitative estimate of drug-likeness (QED) is 0.589. The number of aliphatic hydroxyl groups is 1. The molecule has 4 atom stereocenters. The molecule has 4 aliphatic rings. The molecule has 0 radical (unpaired) electrons. The van der Waals surface area contributed by atoms with E-state index in [0.717, 1.165) is 24.8 Å². The zero-order valence-electron chi connectivity index (χ0n) is 21.1. The van der Waals surface area contributed by atoms with E-state index in [-0.39, 0.29) is 35.6 Å². The Morgan fingerprint density at radius 3 is 2.56 bits per heavy atom. The lowest BCUT2D eigenvalue weighted by Gasteiger charge is -2.46. The molecule has 7 nitrogen and oxygen atoms in total. The van der Waals surface area contributed by atoms with E-state index in [4.69, 9.17) is 4.74 Å². The van der Waals surface area contributed by atoms with E-state index in [1.807, 2.05) is 35.2 Å². The molecule has 2 saturated heterocycles. The van der Waals surface area contributed by atoms with Crippen molar-refractivity contribution in [3.05, 3.63) is 94.3 Å². The molecule has 1 saturated carbocycles. The fourth-order valence-electron chi connectivity index (χ4n) is 6.26. The van der Waals surface area contributed by atoms with Gasteiger partial charge in [0.1, 0.15) is 35.9 Å². The van der Waals surface area contributed by atoms with Gasteiger partial charge in [-0.3, -0.25) is 9.59 Å². The molecule has 0 aromatic heterocycles. The molecule has 1 aliphatic carbocycles. The summed E-state index contributed by atoms with van der Waals surface area (Å²) in [7, 11) is 0. The van der Waals surface area contributed by atoms with Crippen LogP contribution in [-0.4, -0.2) is 52.0 Å². The summed E-state index contributed by atoms with van der Waals surface area (Å²) >= 11 is 0. The summed E-state index contributed by atoms with van der Waals surface area (Å²) in [5, 5.41) is 13.8. The number of piperazine rings is 1. The Morgan fingerprint density at radius 2 is 1.82 bits per heavy atom. The van der Waals surface area contributed by atoms with Gasteiger partial charge < -0.3 is 25.0 Å². The number of carbonyl (C=O) groups excluding carboxylic acids is 2. The van der Waals surface area contributed by atoms with Crippen LogP contribution in [0.25, 0.3) is 0 Å². The van der Waals surface area contributed by atoms with E-state index in [2.05, 4.69) is 5.32 Å². The topological polar surface area (TPSA) is 82.1 Å². The van der Waals surface area contributed by atoms with Crippen molar-refractivity contribution in [3.63, 3.8) is 0 Å². The molecule has 204 valence electrons. The van der Waals surface area contributed by atoms with Gasteiger partial charge in [0.05, 0.1) is 11.6 Å². The lowest BCUT2D eigenvalue weighted by molar-refractivity contribution is -0.134. The van der Waals surface area contributed by atoms with Gasteiger partial charge >= 0.3 is 0 Å². The maximum atomic E-state index is 14.2. The first-order valence-corrected chi connectivity index (χ1v) is 13.1. The minimum absolute atomic E-state index is 0.0249. The number of halogens is 3. The molecule has 3 fully saturated rings. The average molecular weight is 540 g/mol. The second kappa shape index (κ2) is 10.1. The van der Waals surface area contributed by atoms with Crippen molar-refractivity contribution < 1.29 is 32.6 Å². The molecule has 2 amide bonds.